The molecule has 4 aromatic heterocycles. The third-order valence-electron chi connectivity index (χ3n) is 7.87. The number of alkyl halides is 1. The first kappa shape index (κ1) is 27.5. The van der Waals surface area contributed by atoms with Crippen LogP contribution in [-0.2, 0) is 0 Å². The van der Waals surface area contributed by atoms with Gasteiger partial charge in [0.1, 0.15) is 33.6 Å². The molecule has 0 radical (unpaired) electrons. The average molecular weight is 615 g/mol. The standard InChI is InChI=1S/C32H28ClFN6O2S/c1-17-13-21(11-12-23(17)42-18(2)34)28-27-30(35-3)36-16-37-31(27)40(38-28)29(20-9-10-20)22-14-25-39(24(33)15-43-25)32(41)26(22)19-7-5-4-6-8-19/h4-8,11-16,18,20,29H,9-10H2,1-3H3,(H,35,36,37)/t18?,29-/m0/s1. The Hall–Kier alpha value is -4.28. The van der Waals surface area contributed by atoms with Crippen molar-refractivity contribution in [3.05, 3.63) is 92.9 Å². The van der Waals surface area contributed by atoms with Crippen LogP contribution in [0.2, 0.25) is 5.15 Å². The summed E-state index contributed by atoms with van der Waals surface area (Å²) in [6.07, 6.45) is 2.10. The van der Waals surface area contributed by atoms with E-state index in [2.05, 4.69) is 16.4 Å². The lowest BCUT2D eigenvalue weighted by Crippen LogP contribution is -2.23. The highest BCUT2D eigenvalue weighted by atomic mass is 35.5. The number of pyridine rings is 1. The van der Waals surface area contributed by atoms with Crippen LogP contribution in [0.25, 0.3) is 38.2 Å². The van der Waals surface area contributed by atoms with Crippen LogP contribution in [0.4, 0.5) is 10.2 Å². The number of benzene rings is 2. The number of nitrogens with one attached hydrogen (secondary N) is 1. The number of halogens is 2. The van der Waals surface area contributed by atoms with E-state index in [1.165, 1.54) is 24.6 Å². The van der Waals surface area contributed by atoms with Crippen LogP contribution in [0.5, 0.6) is 5.75 Å². The Kier molecular flexibility index (Phi) is 6.90. The highest BCUT2D eigenvalue weighted by Crippen LogP contribution is 2.48. The molecule has 1 aliphatic carbocycles. The van der Waals surface area contributed by atoms with Gasteiger partial charge in [-0.25, -0.2) is 19.0 Å². The predicted molar refractivity (Wildman–Crippen MR) is 169 cm³/mol. The molecular weight excluding hydrogens is 587 g/mol. The van der Waals surface area contributed by atoms with E-state index >= 15 is 0 Å². The van der Waals surface area contributed by atoms with Crippen LogP contribution in [-0.4, -0.2) is 37.6 Å². The summed E-state index contributed by atoms with van der Waals surface area (Å²) >= 11 is 7.93. The highest BCUT2D eigenvalue weighted by Gasteiger charge is 2.39. The molecule has 2 aromatic carbocycles. The number of hydrogen-bond donors (Lipinski definition) is 1. The van der Waals surface area contributed by atoms with Gasteiger partial charge in [-0.15, -0.1) is 11.3 Å². The Labute approximate surface area is 255 Å². The van der Waals surface area contributed by atoms with Crippen molar-refractivity contribution in [1.82, 2.24) is 24.1 Å². The van der Waals surface area contributed by atoms with Crippen molar-refractivity contribution in [2.24, 2.45) is 5.92 Å². The smallest absolute Gasteiger partial charge is 0.265 e. The molecule has 0 amide bonds. The van der Waals surface area contributed by atoms with Gasteiger partial charge in [-0.2, -0.15) is 5.10 Å². The summed E-state index contributed by atoms with van der Waals surface area (Å²) in [5.41, 5.74) is 5.09. The average Bonchev–Trinajstić information content (AvgIpc) is 3.66. The summed E-state index contributed by atoms with van der Waals surface area (Å²) in [6, 6.07) is 17.1. The number of nitrogens with zero attached hydrogens (tertiary/aromatic N) is 5. The minimum absolute atomic E-state index is 0.161. The minimum Gasteiger partial charge on any atom is -0.460 e. The molecule has 6 aromatic rings. The van der Waals surface area contributed by atoms with Gasteiger partial charge < -0.3 is 10.1 Å². The molecule has 11 heteroatoms. The van der Waals surface area contributed by atoms with Gasteiger partial charge in [0.2, 0.25) is 6.36 Å². The van der Waals surface area contributed by atoms with Gasteiger partial charge in [0.25, 0.3) is 5.56 Å². The number of hydrogen-bond acceptors (Lipinski definition) is 7. The Bertz CT molecular complexity index is 2050. The van der Waals surface area contributed by atoms with Crippen LogP contribution in [0, 0.1) is 12.8 Å². The number of fused-ring (bicyclic) bond motifs is 2. The van der Waals surface area contributed by atoms with E-state index in [-0.39, 0.29) is 17.5 Å². The van der Waals surface area contributed by atoms with Gasteiger partial charge in [-0.05, 0) is 66.6 Å². The van der Waals surface area contributed by atoms with Crippen LogP contribution in [0.1, 0.15) is 36.9 Å². The van der Waals surface area contributed by atoms with Gasteiger partial charge in [-0.3, -0.25) is 9.20 Å². The molecular formula is C32H28ClFN6O2S. The second-order valence-electron chi connectivity index (χ2n) is 10.8. The van der Waals surface area contributed by atoms with Crippen LogP contribution in [0.3, 0.4) is 0 Å². The number of aromatic nitrogens is 5. The fourth-order valence-electron chi connectivity index (χ4n) is 5.84. The Morgan fingerprint density at radius 3 is 2.60 bits per heavy atom. The first-order valence-corrected chi connectivity index (χ1v) is 15.3. The molecule has 4 heterocycles. The number of thiazole rings is 1. The van der Waals surface area contributed by atoms with Crippen LogP contribution >= 0.6 is 22.9 Å². The highest BCUT2D eigenvalue weighted by molar-refractivity contribution is 7.16. The van der Waals surface area contributed by atoms with E-state index < -0.39 is 6.36 Å². The van der Waals surface area contributed by atoms with E-state index in [9.17, 15) is 9.18 Å². The molecule has 0 spiro atoms. The number of rotatable bonds is 8. The van der Waals surface area contributed by atoms with Crippen molar-refractivity contribution < 1.29 is 9.13 Å². The summed E-state index contributed by atoms with van der Waals surface area (Å²) in [7, 11) is 1.81. The summed E-state index contributed by atoms with van der Waals surface area (Å²) in [5.74, 6) is 1.37. The number of anilines is 1. The maximum Gasteiger partial charge on any atom is 0.265 e. The lowest BCUT2D eigenvalue weighted by atomic mass is 9.94. The maximum absolute atomic E-state index is 14.1. The zero-order chi connectivity index (χ0) is 29.8. The molecule has 0 saturated heterocycles. The Morgan fingerprint density at radius 2 is 1.91 bits per heavy atom. The van der Waals surface area contributed by atoms with Gasteiger partial charge in [0, 0.05) is 24.9 Å². The Morgan fingerprint density at radius 1 is 1.12 bits per heavy atom. The van der Waals surface area contributed by atoms with Crippen LogP contribution < -0.4 is 15.6 Å². The normalized spacial score (nSPS) is 14.7. The predicted octanol–water partition coefficient (Wildman–Crippen LogP) is 7.53. The lowest BCUT2D eigenvalue weighted by Gasteiger charge is -2.22. The zero-order valence-corrected chi connectivity index (χ0v) is 25.3. The van der Waals surface area contributed by atoms with Gasteiger partial charge in [0.05, 0.1) is 17.0 Å². The minimum atomic E-state index is -1.42. The number of ether oxygens (including phenoxy) is 1. The fraction of sp³-hybridized carbons (Fsp3) is 0.250. The SMILES string of the molecule is CNc1ncnc2c1c(-c1ccc(OC(C)F)c(C)c1)nn2[C@H](c1cc2scc(Cl)n2c(=O)c1-c1ccccc1)C1CC1. The van der Waals surface area contributed by atoms with Crippen molar-refractivity contribution >= 4 is 44.6 Å². The second kappa shape index (κ2) is 10.8. The number of aryl methyl sites for hydroxylation is 1. The van der Waals surface area contributed by atoms with Crippen molar-refractivity contribution in [3.8, 4) is 28.1 Å². The third-order valence-corrected chi connectivity index (χ3v) is 9.16. The molecule has 1 N–H and O–H groups in total. The van der Waals surface area contributed by atoms with E-state index in [0.717, 1.165) is 45.3 Å². The quantitative estimate of drug-likeness (QED) is 0.191. The molecule has 0 aliphatic heterocycles. The van der Waals surface area contributed by atoms with Crippen molar-refractivity contribution in [2.45, 2.75) is 39.1 Å². The largest absolute Gasteiger partial charge is 0.460 e. The molecule has 1 aliphatic rings. The first-order valence-electron chi connectivity index (χ1n) is 14.1. The molecule has 8 nitrogen and oxygen atoms in total. The van der Waals surface area contributed by atoms with Gasteiger partial charge in [0.15, 0.2) is 5.65 Å². The first-order chi connectivity index (χ1) is 20.9. The summed E-state index contributed by atoms with van der Waals surface area (Å²) in [4.78, 5) is 24.1. The summed E-state index contributed by atoms with van der Waals surface area (Å²) < 4.78 is 22.5. The van der Waals surface area contributed by atoms with E-state index in [0.29, 0.717) is 33.6 Å². The maximum atomic E-state index is 14.1. The topological polar surface area (TPSA) is 86.3 Å². The molecule has 43 heavy (non-hydrogen) atoms. The monoisotopic (exact) mass is 614 g/mol. The van der Waals surface area contributed by atoms with E-state index in [4.69, 9.17) is 26.4 Å². The molecule has 1 saturated carbocycles. The van der Waals surface area contributed by atoms with E-state index in [1.807, 2.05) is 61.1 Å². The third kappa shape index (κ3) is 4.74. The molecule has 2 atom stereocenters. The molecule has 1 fully saturated rings. The summed E-state index contributed by atoms with van der Waals surface area (Å²) in [6.45, 7) is 3.23. The van der Waals surface area contributed by atoms with E-state index in [1.54, 1.807) is 15.8 Å². The van der Waals surface area contributed by atoms with Gasteiger partial charge >= 0.3 is 0 Å². The summed E-state index contributed by atoms with van der Waals surface area (Å²) in [5, 5.41) is 11.4. The molecule has 218 valence electrons. The van der Waals surface area contributed by atoms with Crippen molar-refractivity contribution in [2.75, 3.05) is 12.4 Å². The lowest BCUT2D eigenvalue weighted by molar-refractivity contribution is 0.0853. The van der Waals surface area contributed by atoms with Crippen molar-refractivity contribution in [1.29, 1.82) is 0 Å². The van der Waals surface area contributed by atoms with Crippen molar-refractivity contribution in [3.63, 3.8) is 0 Å². The molecule has 7 rings (SSSR count). The van der Waals surface area contributed by atoms with Gasteiger partial charge in [-0.1, -0.05) is 41.9 Å². The molecule has 1 unspecified atom stereocenters. The fourth-order valence-corrected chi connectivity index (χ4v) is 7.00. The van der Waals surface area contributed by atoms with Crippen LogP contribution in [0.15, 0.2) is 71.1 Å². The Balaban J connectivity index is 1.50. The second-order valence-corrected chi connectivity index (χ2v) is 12.0. The zero-order valence-electron chi connectivity index (χ0n) is 23.7. The molecule has 0 bridgehead atoms.